The molecule has 1 aromatic heterocycles. The van der Waals surface area contributed by atoms with Crippen molar-refractivity contribution in [2.75, 3.05) is 7.11 Å². The van der Waals surface area contributed by atoms with E-state index in [1.54, 1.807) is 19.4 Å². The van der Waals surface area contributed by atoms with E-state index in [9.17, 15) is 4.21 Å². The molecule has 0 unspecified atom stereocenters. The summed E-state index contributed by atoms with van der Waals surface area (Å²) >= 11 is 0. The summed E-state index contributed by atoms with van der Waals surface area (Å²) < 4.78 is 44.5. The van der Waals surface area contributed by atoms with Gasteiger partial charge in [-0.05, 0) is 46.8 Å². The van der Waals surface area contributed by atoms with Crippen molar-refractivity contribution >= 4 is 11.0 Å². The molecule has 7 nitrogen and oxygen atoms in total. The summed E-state index contributed by atoms with van der Waals surface area (Å²) in [7, 11) is 0.255. The summed E-state index contributed by atoms with van der Waals surface area (Å²) in [5, 5.41) is 0. The second kappa shape index (κ2) is 6.75. The minimum Gasteiger partial charge on any atom is -0.468 e. The van der Waals surface area contributed by atoms with E-state index < -0.39 is 40.0 Å². The summed E-state index contributed by atoms with van der Waals surface area (Å²) in [4.78, 5) is 0. The lowest BCUT2D eigenvalue weighted by atomic mass is 10.0. The van der Waals surface area contributed by atoms with Gasteiger partial charge in [0.05, 0.1) is 22.0 Å². The van der Waals surface area contributed by atoms with Gasteiger partial charge in [0.25, 0.3) is 0 Å². The molecule has 2 aliphatic heterocycles. The van der Waals surface area contributed by atoms with E-state index >= 15 is 0 Å². The van der Waals surface area contributed by atoms with E-state index in [0.717, 1.165) is 0 Å². The smallest absolute Gasteiger partial charge is 0.186 e. The third kappa shape index (κ3) is 3.84. The van der Waals surface area contributed by atoms with Gasteiger partial charge in [0, 0.05) is 7.11 Å². The molecular weight excluding hydrogens is 346 g/mol. The van der Waals surface area contributed by atoms with Crippen LogP contribution in [-0.2, 0) is 29.9 Å². The van der Waals surface area contributed by atoms with E-state index in [0.29, 0.717) is 5.76 Å². The number of furan rings is 1. The largest absolute Gasteiger partial charge is 0.468 e. The molecule has 25 heavy (non-hydrogen) atoms. The third-order valence-electron chi connectivity index (χ3n) is 4.25. The molecule has 2 aliphatic rings. The van der Waals surface area contributed by atoms with Crippen LogP contribution >= 0.6 is 0 Å². The molecule has 3 rings (SSSR count). The predicted octanol–water partition coefficient (Wildman–Crippen LogP) is 2.26. The Morgan fingerprint density at radius 3 is 2.52 bits per heavy atom. The highest BCUT2D eigenvalue weighted by molar-refractivity contribution is 7.84. The standard InChI is InChI=1S/C17H27NO6S/c1-16(2,3)25(19)18-11(10-8-7-9-21-10)12-13-14(15(20-6)22-12)24-17(4,5)23-13/h7-9,11-15,18H,1-6H3/t11-,12-,13-,14-,15-,25+/m1/s1. The zero-order valence-corrected chi connectivity index (χ0v) is 16.3. The molecular formula is C17H27NO6S. The fourth-order valence-electron chi connectivity index (χ4n) is 3.10. The predicted molar refractivity (Wildman–Crippen MR) is 92.0 cm³/mol. The first-order chi connectivity index (χ1) is 11.6. The highest BCUT2D eigenvalue weighted by atomic mass is 32.2. The van der Waals surface area contributed by atoms with Crippen molar-refractivity contribution in [2.24, 2.45) is 0 Å². The van der Waals surface area contributed by atoms with Gasteiger partial charge in [0.15, 0.2) is 12.1 Å². The number of hydrogen-bond acceptors (Lipinski definition) is 6. The summed E-state index contributed by atoms with van der Waals surface area (Å²) in [6.45, 7) is 9.44. The maximum Gasteiger partial charge on any atom is 0.186 e. The van der Waals surface area contributed by atoms with Gasteiger partial charge in [-0.1, -0.05) is 0 Å². The maximum absolute atomic E-state index is 12.7. The van der Waals surface area contributed by atoms with Gasteiger partial charge in [0.2, 0.25) is 0 Å². The number of rotatable bonds is 5. The minimum absolute atomic E-state index is 0.354. The Morgan fingerprint density at radius 1 is 1.28 bits per heavy atom. The van der Waals surface area contributed by atoms with Gasteiger partial charge >= 0.3 is 0 Å². The molecule has 0 radical (unpaired) electrons. The molecule has 0 amide bonds. The van der Waals surface area contributed by atoms with E-state index in [1.165, 1.54) is 0 Å². The van der Waals surface area contributed by atoms with E-state index in [-0.39, 0.29) is 12.2 Å². The summed E-state index contributed by atoms with van der Waals surface area (Å²) in [6, 6.07) is 3.16. The molecule has 0 aromatic carbocycles. The van der Waals surface area contributed by atoms with Crippen molar-refractivity contribution in [3.63, 3.8) is 0 Å². The first-order valence-corrected chi connectivity index (χ1v) is 9.53. The van der Waals surface area contributed by atoms with Crippen LogP contribution in [0, 0.1) is 0 Å². The molecule has 1 aromatic rings. The molecule has 8 heteroatoms. The quantitative estimate of drug-likeness (QED) is 0.853. The van der Waals surface area contributed by atoms with E-state index in [1.807, 2.05) is 40.7 Å². The Labute approximate surface area is 150 Å². The van der Waals surface area contributed by atoms with Crippen LogP contribution in [0.1, 0.15) is 46.4 Å². The van der Waals surface area contributed by atoms with Crippen LogP contribution in [-0.4, -0.2) is 46.5 Å². The molecule has 0 bridgehead atoms. The molecule has 3 heterocycles. The van der Waals surface area contributed by atoms with Crippen LogP contribution in [0.15, 0.2) is 22.8 Å². The first kappa shape index (κ1) is 19.0. The fourth-order valence-corrected chi connectivity index (χ4v) is 3.93. The Morgan fingerprint density at radius 2 is 1.96 bits per heavy atom. The van der Waals surface area contributed by atoms with Crippen molar-refractivity contribution in [3.05, 3.63) is 24.2 Å². The molecule has 0 saturated carbocycles. The third-order valence-corrected chi connectivity index (χ3v) is 5.83. The molecule has 2 saturated heterocycles. The SMILES string of the molecule is CO[C@@H]1O[C@H]([C@H](N[S@@](=O)C(C)(C)C)c2ccco2)[C@H]2OC(C)(C)O[C@@H]12. The van der Waals surface area contributed by atoms with Crippen LogP contribution in [0.3, 0.4) is 0 Å². The van der Waals surface area contributed by atoms with Gasteiger partial charge in [-0.3, -0.25) is 0 Å². The fraction of sp³-hybridized carbons (Fsp3) is 0.765. The van der Waals surface area contributed by atoms with Gasteiger partial charge in [-0.15, -0.1) is 0 Å². The molecule has 0 aliphatic carbocycles. The van der Waals surface area contributed by atoms with Crippen molar-refractivity contribution in [1.82, 2.24) is 4.72 Å². The highest BCUT2D eigenvalue weighted by Crippen LogP contribution is 2.43. The van der Waals surface area contributed by atoms with Crippen LogP contribution in [0.25, 0.3) is 0 Å². The van der Waals surface area contributed by atoms with Crippen molar-refractivity contribution in [1.29, 1.82) is 0 Å². The Hall–Kier alpha value is -0.770. The van der Waals surface area contributed by atoms with Crippen LogP contribution in [0.5, 0.6) is 0 Å². The van der Waals surface area contributed by atoms with E-state index in [2.05, 4.69) is 4.72 Å². The van der Waals surface area contributed by atoms with E-state index in [4.69, 9.17) is 23.4 Å². The average molecular weight is 373 g/mol. The lowest BCUT2D eigenvalue weighted by molar-refractivity contribution is -0.230. The molecule has 0 spiro atoms. The zero-order valence-electron chi connectivity index (χ0n) is 15.5. The van der Waals surface area contributed by atoms with Gasteiger partial charge in [-0.2, -0.15) is 0 Å². The van der Waals surface area contributed by atoms with Gasteiger partial charge in [-0.25, -0.2) is 8.93 Å². The van der Waals surface area contributed by atoms with Gasteiger partial charge in [0.1, 0.15) is 30.1 Å². The Bertz CT molecular complexity index is 611. The Balaban J connectivity index is 1.89. The number of hydrogen-bond donors (Lipinski definition) is 1. The molecule has 2 fully saturated rings. The number of methoxy groups -OCH3 is 1. The number of fused-ring (bicyclic) bond motifs is 1. The summed E-state index contributed by atoms with van der Waals surface area (Å²) in [5.41, 5.74) is 0. The normalized spacial score (nSPS) is 34.0. The molecule has 1 N–H and O–H groups in total. The van der Waals surface area contributed by atoms with Crippen LogP contribution < -0.4 is 4.72 Å². The average Bonchev–Trinajstić information content (AvgIpc) is 3.18. The lowest BCUT2D eigenvalue weighted by Crippen LogP contribution is -2.44. The minimum atomic E-state index is -1.32. The number of ether oxygens (including phenoxy) is 4. The lowest BCUT2D eigenvalue weighted by Gasteiger charge is -2.30. The van der Waals surface area contributed by atoms with Crippen LogP contribution in [0.2, 0.25) is 0 Å². The molecule has 142 valence electrons. The summed E-state index contributed by atoms with van der Waals surface area (Å²) in [5.74, 6) is -0.100. The van der Waals surface area contributed by atoms with Crippen molar-refractivity contribution in [2.45, 2.75) is 75.8 Å². The second-order valence-electron chi connectivity index (χ2n) is 7.76. The monoisotopic (exact) mass is 373 g/mol. The first-order valence-electron chi connectivity index (χ1n) is 8.38. The summed E-state index contributed by atoms with van der Waals surface area (Å²) in [6.07, 6.45) is -0.152. The van der Waals surface area contributed by atoms with Crippen molar-refractivity contribution < 1.29 is 27.6 Å². The zero-order chi connectivity index (χ0) is 18.4. The highest BCUT2D eigenvalue weighted by Gasteiger charge is 2.58. The molecule has 6 atom stereocenters. The Kier molecular flexibility index (Phi) is 5.13. The van der Waals surface area contributed by atoms with Crippen molar-refractivity contribution in [3.8, 4) is 0 Å². The van der Waals surface area contributed by atoms with Gasteiger partial charge < -0.3 is 23.4 Å². The topological polar surface area (TPSA) is 79.2 Å². The number of nitrogens with one attached hydrogen (secondary N) is 1. The second-order valence-corrected chi connectivity index (χ2v) is 9.76. The van der Waals surface area contributed by atoms with Crippen LogP contribution in [0.4, 0.5) is 0 Å². The maximum atomic E-state index is 12.7.